The quantitative estimate of drug-likeness (QED) is 0.883. The van der Waals surface area contributed by atoms with Gasteiger partial charge in [-0.3, -0.25) is 4.79 Å². The number of hydrogen-bond acceptors (Lipinski definition) is 4. The van der Waals surface area contributed by atoms with Crippen LogP contribution in [0.4, 0.5) is 5.69 Å². The smallest absolute Gasteiger partial charge is 0.269 e. The highest BCUT2D eigenvalue weighted by atomic mass is 32.2. The second-order valence-corrected chi connectivity index (χ2v) is 7.01. The highest BCUT2D eigenvalue weighted by Crippen LogP contribution is 2.16. The van der Waals surface area contributed by atoms with E-state index >= 15 is 0 Å². The number of hydrogen-bond donors (Lipinski definition) is 1. The summed E-state index contributed by atoms with van der Waals surface area (Å²) in [5, 5.41) is -0.641. The molecule has 0 spiro atoms. The van der Waals surface area contributed by atoms with Gasteiger partial charge in [0, 0.05) is 17.9 Å². The summed E-state index contributed by atoms with van der Waals surface area (Å²) in [5.41, 5.74) is 5.40. The Morgan fingerprint density at radius 2 is 1.76 bits per heavy atom. The molecular weight excluding hydrogens is 240 g/mol. The molecule has 0 aliphatic heterocycles. The normalized spacial score (nSPS) is 12.4. The van der Waals surface area contributed by atoms with Crippen LogP contribution in [0.25, 0.3) is 0 Å². The largest absolute Gasteiger partial charge is 0.398 e. The molecule has 1 aromatic rings. The van der Waals surface area contributed by atoms with Crippen molar-refractivity contribution >= 4 is 15.5 Å². The van der Waals surface area contributed by atoms with Gasteiger partial charge in [0.05, 0.1) is 5.25 Å². The van der Waals surface area contributed by atoms with Gasteiger partial charge < -0.3 is 10.3 Å². The van der Waals surface area contributed by atoms with Gasteiger partial charge in [-0.25, -0.2) is 8.42 Å². The van der Waals surface area contributed by atoms with E-state index in [1.807, 2.05) is 0 Å². The van der Waals surface area contributed by atoms with Crippen molar-refractivity contribution in [3.63, 3.8) is 0 Å². The molecule has 6 heteroatoms. The number of anilines is 1. The second-order valence-electron chi connectivity index (χ2n) is 4.54. The van der Waals surface area contributed by atoms with E-state index in [0.717, 1.165) is 0 Å². The second kappa shape index (κ2) is 4.52. The van der Waals surface area contributed by atoms with Gasteiger partial charge in [0.15, 0.2) is 9.84 Å². The van der Waals surface area contributed by atoms with Crippen LogP contribution in [0.3, 0.4) is 0 Å². The standard InChI is InChI=1S/C11H18N2O3S/c1-7(2)13-6-9(12)5-10(11(13)14)17(15,16)8(3)4/h5-8H,12H2,1-4H3. The Morgan fingerprint density at radius 3 is 2.18 bits per heavy atom. The molecule has 0 unspecified atom stereocenters. The summed E-state index contributed by atoms with van der Waals surface area (Å²) < 4.78 is 25.4. The average Bonchev–Trinajstić information content (AvgIpc) is 2.20. The van der Waals surface area contributed by atoms with Crippen LogP contribution in [-0.4, -0.2) is 18.2 Å². The SMILES string of the molecule is CC(C)n1cc(N)cc(S(=O)(=O)C(C)C)c1=O. The lowest BCUT2D eigenvalue weighted by molar-refractivity contribution is 0.558. The minimum absolute atomic E-state index is 0.132. The summed E-state index contributed by atoms with van der Waals surface area (Å²) in [7, 11) is -3.60. The zero-order valence-electron chi connectivity index (χ0n) is 10.5. The molecule has 0 saturated carbocycles. The minimum atomic E-state index is -3.60. The van der Waals surface area contributed by atoms with Gasteiger partial charge in [0.25, 0.3) is 5.56 Å². The molecule has 5 nitrogen and oxygen atoms in total. The maximum Gasteiger partial charge on any atom is 0.269 e. The van der Waals surface area contributed by atoms with Crippen LogP contribution in [0.2, 0.25) is 0 Å². The first-order chi connectivity index (χ1) is 7.67. The first kappa shape index (κ1) is 13.8. The Hall–Kier alpha value is -1.30. The zero-order valence-corrected chi connectivity index (χ0v) is 11.3. The fraction of sp³-hybridized carbons (Fsp3) is 0.545. The third kappa shape index (κ3) is 2.52. The Kier molecular flexibility index (Phi) is 3.66. The lowest BCUT2D eigenvalue weighted by atomic mass is 10.3. The average molecular weight is 258 g/mol. The van der Waals surface area contributed by atoms with Crippen LogP contribution in [0.1, 0.15) is 33.7 Å². The molecule has 0 radical (unpaired) electrons. The number of aromatic nitrogens is 1. The molecule has 2 N–H and O–H groups in total. The van der Waals surface area contributed by atoms with Gasteiger partial charge >= 0.3 is 0 Å². The Bertz CT molecular complexity index is 571. The summed E-state index contributed by atoms with van der Waals surface area (Å²) in [5.74, 6) is 0. The highest BCUT2D eigenvalue weighted by molar-refractivity contribution is 7.92. The lowest BCUT2D eigenvalue weighted by Gasteiger charge is -2.14. The maximum absolute atomic E-state index is 12.0. The summed E-state index contributed by atoms with van der Waals surface area (Å²) in [6.45, 7) is 6.68. The number of sulfone groups is 1. The summed E-state index contributed by atoms with van der Waals surface area (Å²) in [4.78, 5) is 11.8. The van der Waals surface area contributed by atoms with Crippen molar-refractivity contribution in [2.24, 2.45) is 0 Å². The maximum atomic E-state index is 12.0. The highest BCUT2D eigenvalue weighted by Gasteiger charge is 2.24. The number of nitrogens with two attached hydrogens (primary N) is 1. The monoisotopic (exact) mass is 258 g/mol. The molecule has 0 amide bonds. The fourth-order valence-electron chi connectivity index (χ4n) is 1.44. The van der Waals surface area contributed by atoms with E-state index in [9.17, 15) is 13.2 Å². The van der Waals surface area contributed by atoms with Gasteiger partial charge in [-0.05, 0) is 33.8 Å². The minimum Gasteiger partial charge on any atom is -0.398 e. The van der Waals surface area contributed by atoms with E-state index in [4.69, 9.17) is 5.73 Å². The predicted molar refractivity (Wildman–Crippen MR) is 67.8 cm³/mol. The summed E-state index contributed by atoms with van der Waals surface area (Å²) >= 11 is 0. The number of nitrogens with zero attached hydrogens (tertiary/aromatic N) is 1. The summed E-state index contributed by atoms with van der Waals surface area (Å²) in [6, 6.07) is 1.10. The topological polar surface area (TPSA) is 82.2 Å². The molecule has 0 aromatic carbocycles. The first-order valence-corrected chi connectivity index (χ1v) is 6.98. The van der Waals surface area contributed by atoms with Gasteiger partial charge in [0.2, 0.25) is 0 Å². The van der Waals surface area contributed by atoms with Crippen molar-refractivity contribution < 1.29 is 8.42 Å². The molecular formula is C11H18N2O3S. The van der Waals surface area contributed by atoms with Crippen molar-refractivity contribution in [3.8, 4) is 0 Å². The van der Waals surface area contributed by atoms with E-state index in [2.05, 4.69) is 0 Å². The van der Waals surface area contributed by atoms with E-state index in [0.29, 0.717) is 0 Å². The van der Waals surface area contributed by atoms with Crippen molar-refractivity contribution in [3.05, 3.63) is 22.6 Å². The Balaban J connectivity index is 3.63. The number of nitrogen functional groups attached to an aromatic ring is 1. The molecule has 0 aliphatic carbocycles. The van der Waals surface area contributed by atoms with Crippen LogP contribution in [-0.2, 0) is 9.84 Å². The zero-order chi connectivity index (χ0) is 13.4. The molecule has 0 aliphatic rings. The first-order valence-electron chi connectivity index (χ1n) is 5.43. The van der Waals surface area contributed by atoms with Crippen LogP contribution >= 0.6 is 0 Å². The van der Waals surface area contributed by atoms with Crippen molar-refractivity contribution in [2.75, 3.05) is 5.73 Å². The van der Waals surface area contributed by atoms with E-state index < -0.39 is 20.6 Å². The van der Waals surface area contributed by atoms with Crippen LogP contribution in [0.15, 0.2) is 22.0 Å². The third-order valence-electron chi connectivity index (χ3n) is 2.51. The molecule has 0 bridgehead atoms. The molecule has 1 rings (SSSR count). The molecule has 17 heavy (non-hydrogen) atoms. The molecule has 96 valence electrons. The van der Waals surface area contributed by atoms with E-state index in [1.165, 1.54) is 30.7 Å². The van der Waals surface area contributed by atoms with Gasteiger partial charge in [0.1, 0.15) is 4.90 Å². The predicted octanol–water partition coefficient (Wildman–Crippen LogP) is 1.19. The lowest BCUT2D eigenvalue weighted by Crippen LogP contribution is -2.30. The van der Waals surface area contributed by atoms with Crippen LogP contribution in [0.5, 0.6) is 0 Å². The molecule has 0 atom stereocenters. The van der Waals surface area contributed by atoms with E-state index in [1.54, 1.807) is 13.8 Å². The van der Waals surface area contributed by atoms with Crippen molar-refractivity contribution in [1.82, 2.24) is 4.57 Å². The van der Waals surface area contributed by atoms with Gasteiger partial charge in [-0.2, -0.15) is 0 Å². The fourth-order valence-corrected chi connectivity index (χ4v) is 2.60. The molecule has 1 heterocycles. The Morgan fingerprint density at radius 1 is 1.24 bits per heavy atom. The van der Waals surface area contributed by atoms with E-state index in [-0.39, 0.29) is 16.6 Å². The van der Waals surface area contributed by atoms with Gasteiger partial charge in [-0.1, -0.05) is 0 Å². The third-order valence-corrected chi connectivity index (χ3v) is 4.66. The van der Waals surface area contributed by atoms with Crippen molar-refractivity contribution in [1.29, 1.82) is 0 Å². The van der Waals surface area contributed by atoms with Crippen molar-refractivity contribution in [2.45, 2.75) is 43.9 Å². The molecule has 1 aromatic heterocycles. The Labute approximate surface area is 101 Å². The summed E-state index contributed by atoms with van der Waals surface area (Å²) in [6.07, 6.45) is 1.46. The van der Waals surface area contributed by atoms with Gasteiger partial charge in [-0.15, -0.1) is 0 Å². The van der Waals surface area contributed by atoms with Crippen LogP contribution < -0.4 is 11.3 Å². The number of pyridine rings is 1. The van der Waals surface area contributed by atoms with Crippen LogP contribution in [0, 0.1) is 0 Å². The molecule has 0 fully saturated rings. The number of rotatable bonds is 3. The molecule has 0 saturated heterocycles.